The predicted molar refractivity (Wildman–Crippen MR) is 160 cm³/mol. The second kappa shape index (κ2) is 12.7. The van der Waals surface area contributed by atoms with E-state index >= 15 is 0 Å². The number of aryl methyl sites for hydroxylation is 1. The lowest BCUT2D eigenvalue weighted by Crippen LogP contribution is -2.53. The third kappa shape index (κ3) is 6.87. The molecule has 1 saturated carbocycles. The first-order valence-electron chi connectivity index (χ1n) is 15.4. The Balaban J connectivity index is 1.49. The molecule has 0 radical (unpaired) electrons. The molecule has 0 amide bonds. The first-order valence-corrected chi connectivity index (χ1v) is 15.4. The van der Waals surface area contributed by atoms with Crippen LogP contribution in [0.1, 0.15) is 93.6 Å². The van der Waals surface area contributed by atoms with Gasteiger partial charge >= 0.3 is 5.97 Å². The largest absolute Gasteiger partial charge is 0.508 e. The Kier molecular flexibility index (Phi) is 9.22. The highest BCUT2D eigenvalue weighted by atomic mass is 16.7. The fraction of sp³-hybridized carbons (Fsp3) is 0.571. The van der Waals surface area contributed by atoms with Crippen LogP contribution >= 0.6 is 0 Å². The fourth-order valence-electron chi connectivity index (χ4n) is 6.86. The van der Waals surface area contributed by atoms with E-state index in [-0.39, 0.29) is 23.9 Å². The van der Waals surface area contributed by atoms with Gasteiger partial charge in [0.1, 0.15) is 11.9 Å². The van der Waals surface area contributed by atoms with E-state index in [2.05, 4.69) is 19.1 Å². The van der Waals surface area contributed by atoms with E-state index in [0.29, 0.717) is 47.8 Å². The van der Waals surface area contributed by atoms with Gasteiger partial charge in [0.25, 0.3) is 0 Å². The molecule has 3 aliphatic heterocycles. The topological polar surface area (TPSA) is 85.2 Å². The number of aliphatic hydroxyl groups excluding tert-OH is 1. The Morgan fingerprint density at radius 3 is 2.51 bits per heavy atom. The van der Waals surface area contributed by atoms with Gasteiger partial charge in [0.2, 0.25) is 0 Å². The molecule has 1 saturated heterocycles. The van der Waals surface area contributed by atoms with Gasteiger partial charge in [-0.3, -0.25) is 0 Å². The van der Waals surface area contributed by atoms with Crippen LogP contribution in [0.3, 0.4) is 0 Å². The zero-order chi connectivity index (χ0) is 29.1. The molecule has 4 aliphatic rings. The van der Waals surface area contributed by atoms with E-state index in [9.17, 15) is 15.0 Å². The number of ether oxygens (including phenoxy) is 3. The maximum absolute atomic E-state index is 13.6. The molecule has 0 aromatic heterocycles. The summed E-state index contributed by atoms with van der Waals surface area (Å²) in [5, 5.41) is 21.4. The van der Waals surface area contributed by atoms with Crippen molar-refractivity contribution in [3.8, 4) is 5.75 Å². The van der Waals surface area contributed by atoms with Gasteiger partial charge in [0.05, 0.1) is 23.9 Å². The third-order valence-electron chi connectivity index (χ3n) is 9.36. The number of esters is 1. The number of allylic oxidation sites excluding steroid dienone is 2. The molecule has 6 heteroatoms. The molecule has 41 heavy (non-hydrogen) atoms. The van der Waals surface area contributed by atoms with E-state index in [4.69, 9.17) is 14.2 Å². The van der Waals surface area contributed by atoms with Crippen molar-refractivity contribution in [3.63, 3.8) is 0 Å². The number of phenolic OH excluding ortho intramolecular Hbond substituents is 1. The van der Waals surface area contributed by atoms with E-state index in [1.807, 2.05) is 38.2 Å². The molecule has 7 atom stereocenters. The number of benzene rings is 1. The van der Waals surface area contributed by atoms with Gasteiger partial charge in [-0.05, 0) is 73.9 Å². The number of rotatable bonds is 1. The summed E-state index contributed by atoms with van der Waals surface area (Å²) >= 11 is 0. The van der Waals surface area contributed by atoms with Crippen molar-refractivity contribution < 1.29 is 29.2 Å². The minimum absolute atomic E-state index is 0.0662. The molecule has 1 spiro atoms. The van der Waals surface area contributed by atoms with Gasteiger partial charge in [-0.15, -0.1) is 0 Å². The summed E-state index contributed by atoms with van der Waals surface area (Å²) in [4.78, 5) is 13.6. The minimum atomic E-state index is -0.960. The smallest absolute Gasteiger partial charge is 0.339 e. The van der Waals surface area contributed by atoms with Crippen LogP contribution in [0.5, 0.6) is 5.75 Å². The van der Waals surface area contributed by atoms with Crippen molar-refractivity contribution in [3.05, 3.63) is 70.9 Å². The number of hydrogen-bond acceptors (Lipinski definition) is 6. The lowest BCUT2D eigenvalue weighted by Gasteiger charge is -2.48. The number of fused-ring (bicyclic) bond motifs is 3. The number of hydrogen-bond donors (Lipinski definition) is 2. The lowest BCUT2D eigenvalue weighted by molar-refractivity contribution is -0.300. The van der Waals surface area contributed by atoms with Crippen LogP contribution in [0.2, 0.25) is 0 Å². The summed E-state index contributed by atoms with van der Waals surface area (Å²) < 4.78 is 19.8. The van der Waals surface area contributed by atoms with Crippen molar-refractivity contribution in [2.75, 3.05) is 0 Å². The Morgan fingerprint density at radius 2 is 1.73 bits per heavy atom. The van der Waals surface area contributed by atoms with Gasteiger partial charge < -0.3 is 24.4 Å². The lowest BCUT2D eigenvalue weighted by atomic mass is 9.79. The van der Waals surface area contributed by atoms with Gasteiger partial charge in [0.15, 0.2) is 5.79 Å². The first kappa shape index (κ1) is 29.8. The molecule has 0 unspecified atom stereocenters. The summed E-state index contributed by atoms with van der Waals surface area (Å²) in [6.45, 7) is 7.92. The van der Waals surface area contributed by atoms with Crippen LogP contribution in [0.4, 0.5) is 0 Å². The molecule has 6 nitrogen and oxygen atoms in total. The van der Waals surface area contributed by atoms with Crippen LogP contribution < -0.4 is 0 Å². The van der Waals surface area contributed by atoms with E-state index in [1.54, 1.807) is 25.1 Å². The molecule has 5 rings (SSSR count). The number of phenols is 1. The zero-order valence-electron chi connectivity index (χ0n) is 24.9. The van der Waals surface area contributed by atoms with Crippen molar-refractivity contribution in [2.24, 2.45) is 17.8 Å². The maximum atomic E-state index is 13.6. The Morgan fingerprint density at radius 1 is 0.951 bits per heavy atom. The summed E-state index contributed by atoms with van der Waals surface area (Å²) in [6, 6.07) is 3.29. The Labute approximate surface area is 244 Å². The SMILES string of the molecule is C/C1=C\C[C@@H]2C[C@@H](C[C@]3(C=C[C@H](C)[C@@H](C4CCCCC4)O3)O2)OC(=O)c2cc(C)c(O)cc2/C=C/C=C/[C@H](C)[C@@H]1O. The first-order chi connectivity index (χ1) is 19.6. The molecule has 2 bridgehead atoms. The van der Waals surface area contributed by atoms with Crippen LogP contribution in [0.15, 0.2) is 54.2 Å². The molecular formula is C35H46O6. The third-order valence-corrected chi connectivity index (χ3v) is 9.36. The zero-order valence-corrected chi connectivity index (χ0v) is 24.9. The van der Waals surface area contributed by atoms with E-state index < -0.39 is 24.0 Å². The second-order valence-electron chi connectivity index (χ2n) is 12.7. The van der Waals surface area contributed by atoms with Crippen molar-refractivity contribution in [1.82, 2.24) is 0 Å². The number of carbonyl (C=O) groups is 1. The highest BCUT2D eigenvalue weighted by Gasteiger charge is 2.48. The highest BCUT2D eigenvalue weighted by molar-refractivity contribution is 5.94. The van der Waals surface area contributed by atoms with Crippen LogP contribution in [0, 0.1) is 24.7 Å². The summed E-state index contributed by atoms with van der Waals surface area (Å²) in [7, 11) is 0. The Bertz CT molecular complexity index is 1220. The van der Waals surface area contributed by atoms with E-state index in [0.717, 1.165) is 5.57 Å². The van der Waals surface area contributed by atoms with Crippen molar-refractivity contribution in [2.45, 2.75) is 109 Å². The number of aliphatic hydroxyl groups is 1. The van der Waals surface area contributed by atoms with Gasteiger partial charge in [-0.2, -0.15) is 0 Å². The van der Waals surface area contributed by atoms with Gasteiger partial charge in [-0.25, -0.2) is 4.79 Å². The molecule has 1 aliphatic carbocycles. The molecule has 222 valence electrons. The Hall–Kier alpha value is -2.67. The standard InChI is InChI=1S/C35H46O6/c1-22-10-8-9-13-27-19-31(36)25(4)18-30(27)34(38)39-29-20-28(15-14-23(2)32(22)37)40-35(21-29)17-16-24(3)33(41-35)26-11-6-5-7-12-26/h8-10,13-14,16-19,22,24,26,28-29,32-33,36-37H,5-7,11-12,15,20-21H2,1-4H3/b10-8+,13-9+,23-14+/t22-,24-,28+,29-,32-,33-,35+/m0/s1. The molecule has 2 fully saturated rings. The highest BCUT2D eigenvalue weighted by Crippen LogP contribution is 2.43. The van der Waals surface area contributed by atoms with Crippen LogP contribution in [-0.2, 0) is 14.2 Å². The molecule has 2 N–H and O–H groups in total. The van der Waals surface area contributed by atoms with Gasteiger partial charge in [0, 0.05) is 24.7 Å². The van der Waals surface area contributed by atoms with Crippen LogP contribution in [0.25, 0.3) is 6.08 Å². The molecule has 1 aromatic rings. The summed E-state index contributed by atoms with van der Waals surface area (Å²) in [6.07, 6.45) is 20.1. The quantitative estimate of drug-likeness (QED) is 0.278. The van der Waals surface area contributed by atoms with Crippen molar-refractivity contribution in [1.29, 1.82) is 0 Å². The molecule has 3 heterocycles. The fourth-order valence-corrected chi connectivity index (χ4v) is 6.86. The van der Waals surface area contributed by atoms with Crippen molar-refractivity contribution >= 4 is 12.0 Å². The summed E-state index contributed by atoms with van der Waals surface area (Å²) in [5.41, 5.74) is 2.49. The predicted octanol–water partition coefficient (Wildman–Crippen LogP) is 7.19. The molecule has 1 aromatic carbocycles. The second-order valence-corrected chi connectivity index (χ2v) is 12.7. The monoisotopic (exact) mass is 562 g/mol. The average molecular weight is 563 g/mol. The maximum Gasteiger partial charge on any atom is 0.339 e. The summed E-state index contributed by atoms with van der Waals surface area (Å²) in [5.74, 6) is -0.571. The van der Waals surface area contributed by atoms with Gasteiger partial charge in [-0.1, -0.05) is 69.6 Å². The number of aromatic hydroxyl groups is 1. The minimum Gasteiger partial charge on any atom is -0.508 e. The van der Waals surface area contributed by atoms with E-state index in [1.165, 1.54) is 32.1 Å². The number of carbonyl (C=O) groups excluding carboxylic acids is 1. The van der Waals surface area contributed by atoms with Crippen LogP contribution in [-0.4, -0.2) is 46.4 Å². The average Bonchev–Trinajstić information content (AvgIpc) is 2.96. The normalized spacial score (nSPS) is 38.0. The molecular weight excluding hydrogens is 516 g/mol.